The average Bonchev–Trinajstić information content (AvgIpc) is 2.77. The molecule has 0 fully saturated rings. The van der Waals surface area contributed by atoms with Gasteiger partial charge in [-0.3, -0.25) is 0 Å². The second-order valence-electron chi connectivity index (χ2n) is 3.33. The van der Waals surface area contributed by atoms with Gasteiger partial charge in [0.2, 0.25) is 0 Å². The third-order valence-electron chi connectivity index (χ3n) is 2.09. The van der Waals surface area contributed by atoms with Gasteiger partial charge in [0.25, 0.3) is 0 Å². The maximum absolute atomic E-state index is 10.7. The second-order valence-corrected chi connectivity index (χ2v) is 4.71. The molecule has 0 aliphatic carbocycles. The van der Waals surface area contributed by atoms with Crippen LogP contribution in [0.4, 0.5) is 5.69 Å². The molecule has 2 N–H and O–H groups in total. The van der Waals surface area contributed by atoms with Crippen LogP contribution in [0.2, 0.25) is 5.15 Å². The van der Waals surface area contributed by atoms with Gasteiger partial charge >= 0.3 is 5.97 Å². The lowest BCUT2D eigenvalue weighted by Crippen LogP contribution is -1.98. The molecular weight excluding hydrogens is 260 g/mol. The first kappa shape index (κ1) is 11.9. The van der Waals surface area contributed by atoms with Crippen molar-refractivity contribution in [2.75, 3.05) is 5.32 Å². The number of nitrogens with zero attached hydrogens (tertiary/aromatic N) is 1. The van der Waals surface area contributed by atoms with Crippen molar-refractivity contribution in [2.45, 2.75) is 6.54 Å². The minimum atomic E-state index is -0.902. The van der Waals surface area contributed by atoms with Crippen LogP contribution in [-0.2, 0) is 6.54 Å². The molecule has 0 aromatic carbocycles. The van der Waals surface area contributed by atoms with Crippen molar-refractivity contribution < 1.29 is 9.90 Å². The summed E-state index contributed by atoms with van der Waals surface area (Å²) in [7, 11) is 0. The zero-order chi connectivity index (χ0) is 12.3. The lowest BCUT2D eigenvalue weighted by molar-refractivity contribution is 0.0697. The summed E-state index contributed by atoms with van der Waals surface area (Å²) in [5, 5.41) is 14.0. The van der Waals surface area contributed by atoms with E-state index in [1.807, 2.05) is 6.07 Å². The van der Waals surface area contributed by atoms with Crippen LogP contribution in [0.25, 0.3) is 0 Å². The quantitative estimate of drug-likeness (QED) is 0.837. The molecule has 0 aliphatic rings. The van der Waals surface area contributed by atoms with Crippen LogP contribution in [0.1, 0.15) is 15.2 Å². The highest BCUT2D eigenvalue weighted by molar-refractivity contribution is 7.10. The molecule has 0 aliphatic heterocycles. The zero-order valence-electron chi connectivity index (χ0n) is 8.68. The van der Waals surface area contributed by atoms with E-state index >= 15 is 0 Å². The highest BCUT2D eigenvalue weighted by Gasteiger charge is 2.06. The van der Waals surface area contributed by atoms with E-state index in [-0.39, 0.29) is 0 Å². The molecule has 0 saturated heterocycles. The van der Waals surface area contributed by atoms with E-state index in [0.717, 1.165) is 10.6 Å². The summed E-state index contributed by atoms with van der Waals surface area (Å²) in [5.41, 5.74) is 1.17. The lowest BCUT2D eigenvalue weighted by atomic mass is 10.3. The fourth-order valence-electron chi connectivity index (χ4n) is 1.26. The first-order valence-electron chi connectivity index (χ1n) is 4.81. The Morgan fingerprint density at radius 2 is 2.35 bits per heavy atom. The van der Waals surface area contributed by atoms with Gasteiger partial charge in [0.15, 0.2) is 0 Å². The average molecular weight is 269 g/mol. The predicted octanol–water partition coefficient (Wildman–Crippen LogP) is 3.11. The van der Waals surface area contributed by atoms with Crippen molar-refractivity contribution in [1.82, 2.24) is 4.98 Å². The van der Waals surface area contributed by atoms with Gasteiger partial charge in [-0.2, -0.15) is 0 Å². The summed E-state index contributed by atoms with van der Waals surface area (Å²) in [6, 6.07) is 5.17. The Bertz CT molecular complexity index is 525. The molecule has 88 valence electrons. The Hall–Kier alpha value is -1.59. The van der Waals surface area contributed by atoms with E-state index < -0.39 is 5.97 Å². The van der Waals surface area contributed by atoms with Crippen molar-refractivity contribution in [3.63, 3.8) is 0 Å². The minimum absolute atomic E-state index is 0.320. The Labute approximate surface area is 107 Å². The van der Waals surface area contributed by atoms with Crippen molar-refractivity contribution in [2.24, 2.45) is 0 Å². The number of carboxylic acid groups (broad SMARTS) is 1. The van der Waals surface area contributed by atoms with Gasteiger partial charge < -0.3 is 10.4 Å². The molecule has 0 amide bonds. The number of carboxylic acids is 1. The molecule has 0 unspecified atom stereocenters. The number of anilines is 1. The van der Waals surface area contributed by atoms with E-state index in [2.05, 4.69) is 10.3 Å². The van der Waals surface area contributed by atoms with Gasteiger partial charge in [-0.1, -0.05) is 11.6 Å². The zero-order valence-corrected chi connectivity index (χ0v) is 10.3. The van der Waals surface area contributed by atoms with Crippen LogP contribution in [0, 0.1) is 0 Å². The minimum Gasteiger partial charge on any atom is -0.478 e. The second kappa shape index (κ2) is 5.16. The number of halogens is 1. The first-order chi connectivity index (χ1) is 8.15. The smallest absolute Gasteiger partial charge is 0.336 e. The largest absolute Gasteiger partial charge is 0.478 e. The Balaban J connectivity index is 1.97. The molecule has 0 spiro atoms. The summed E-state index contributed by atoms with van der Waals surface area (Å²) in [4.78, 5) is 15.6. The van der Waals surface area contributed by atoms with E-state index in [4.69, 9.17) is 16.7 Å². The molecule has 2 heterocycles. The molecule has 17 heavy (non-hydrogen) atoms. The van der Waals surface area contributed by atoms with Gasteiger partial charge in [0.05, 0.1) is 17.4 Å². The van der Waals surface area contributed by atoms with Crippen LogP contribution in [0.5, 0.6) is 0 Å². The fourth-order valence-corrected chi connectivity index (χ4v) is 2.16. The summed E-state index contributed by atoms with van der Waals surface area (Å²) >= 11 is 7.08. The van der Waals surface area contributed by atoms with E-state index in [1.165, 1.54) is 11.3 Å². The Morgan fingerprint density at radius 1 is 1.53 bits per heavy atom. The summed E-state index contributed by atoms with van der Waals surface area (Å²) in [6.45, 7) is 0.571. The van der Waals surface area contributed by atoms with Gasteiger partial charge in [0.1, 0.15) is 5.15 Å². The number of nitrogens with one attached hydrogen (secondary N) is 1. The summed E-state index contributed by atoms with van der Waals surface area (Å²) < 4.78 is 0. The Morgan fingerprint density at radius 3 is 2.94 bits per heavy atom. The fraction of sp³-hybridized carbons (Fsp3) is 0.0909. The SMILES string of the molecule is O=C(O)c1csc(CNc2ccc(Cl)nc2)c1. The Kier molecular flexibility index (Phi) is 3.61. The molecule has 0 radical (unpaired) electrons. The molecule has 0 saturated carbocycles. The number of hydrogen-bond acceptors (Lipinski definition) is 4. The molecule has 6 heteroatoms. The standard InChI is InChI=1S/C11H9ClN2O2S/c12-10-2-1-8(4-14-10)13-5-9-3-7(6-17-9)11(15)16/h1-4,6,13H,5H2,(H,15,16). The van der Waals surface area contributed by atoms with Crippen molar-refractivity contribution in [1.29, 1.82) is 0 Å². The number of rotatable bonds is 4. The number of aromatic carboxylic acids is 1. The number of hydrogen-bond donors (Lipinski definition) is 2. The molecule has 2 rings (SSSR count). The molecule has 0 atom stereocenters. The molecule has 2 aromatic rings. The highest BCUT2D eigenvalue weighted by atomic mass is 35.5. The van der Waals surface area contributed by atoms with Crippen LogP contribution < -0.4 is 5.32 Å². The monoisotopic (exact) mass is 268 g/mol. The van der Waals surface area contributed by atoms with Gasteiger partial charge in [-0.15, -0.1) is 11.3 Å². The number of pyridine rings is 1. The van der Waals surface area contributed by atoms with Gasteiger partial charge in [-0.05, 0) is 18.2 Å². The first-order valence-corrected chi connectivity index (χ1v) is 6.07. The lowest BCUT2D eigenvalue weighted by Gasteiger charge is -2.03. The highest BCUT2D eigenvalue weighted by Crippen LogP contribution is 2.17. The van der Waals surface area contributed by atoms with Crippen LogP contribution >= 0.6 is 22.9 Å². The van der Waals surface area contributed by atoms with Crippen molar-refractivity contribution >= 4 is 34.6 Å². The summed E-state index contributed by atoms with van der Waals surface area (Å²) in [6.07, 6.45) is 1.63. The third-order valence-corrected chi connectivity index (χ3v) is 3.26. The molecule has 0 bridgehead atoms. The third kappa shape index (κ3) is 3.18. The predicted molar refractivity (Wildman–Crippen MR) is 67.9 cm³/mol. The number of aromatic nitrogens is 1. The summed E-state index contributed by atoms with van der Waals surface area (Å²) in [5.74, 6) is -0.902. The van der Waals surface area contributed by atoms with Gasteiger partial charge in [-0.25, -0.2) is 9.78 Å². The molecular formula is C11H9ClN2O2S. The van der Waals surface area contributed by atoms with Crippen LogP contribution in [0.15, 0.2) is 29.8 Å². The van der Waals surface area contributed by atoms with Crippen molar-refractivity contribution in [3.8, 4) is 0 Å². The van der Waals surface area contributed by atoms with Crippen LogP contribution in [0.3, 0.4) is 0 Å². The van der Waals surface area contributed by atoms with E-state index in [1.54, 1.807) is 23.7 Å². The molecule has 2 aromatic heterocycles. The number of thiophene rings is 1. The maximum Gasteiger partial charge on any atom is 0.336 e. The van der Waals surface area contributed by atoms with Crippen LogP contribution in [-0.4, -0.2) is 16.1 Å². The van der Waals surface area contributed by atoms with E-state index in [0.29, 0.717) is 17.3 Å². The maximum atomic E-state index is 10.7. The normalized spacial score (nSPS) is 10.2. The van der Waals surface area contributed by atoms with Gasteiger partial charge in [0, 0.05) is 16.8 Å². The topological polar surface area (TPSA) is 62.2 Å². The molecule has 4 nitrogen and oxygen atoms in total. The number of carbonyl (C=O) groups is 1. The van der Waals surface area contributed by atoms with Crippen molar-refractivity contribution in [3.05, 3.63) is 45.4 Å². The van der Waals surface area contributed by atoms with E-state index in [9.17, 15) is 4.79 Å².